The largest absolute Gasteiger partial charge is 0.493 e. The molecule has 28 heavy (non-hydrogen) atoms. The van der Waals surface area contributed by atoms with Crippen LogP contribution in [0.3, 0.4) is 0 Å². The summed E-state index contributed by atoms with van der Waals surface area (Å²) >= 11 is 0. The standard InChI is InChI=1S/C26H31NO/c1-26(2,3)24-13-9-22(10-14-24)19-27-20-23-11-15-25(16-12-23)28-18-17-21-7-5-4-6-8-21/h4-16,27H,17-20H2,1-3H3. The molecule has 0 amide bonds. The van der Waals surface area contributed by atoms with Crippen LogP contribution in [0.5, 0.6) is 5.75 Å². The molecule has 0 aliphatic rings. The first kappa shape index (κ1) is 20.2. The number of hydrogen-bond acceptors (Lipinski definition) is 2. The van der Waals surface area contributed by atoms with Crippen LogP contribution in [0, 0.1) is 0 Å². The number of rotatable bonds is 8. The molecule has 3 aromatic carbocycles. The fourth-order valence-corrected chi connectivity index (χ4v) is 3.11. The van der Waals surface area contributed by atoms with Gasteiger partial charge in [0, 0.05) is 19.5 Å². The molecule has 0 bridgehead atoms. The molecule has 2 nitrogen and oxygen atoms in total. The van der Waals surface area contributed by atoms with E-state index in [-0.39, 0.29) is 5.41 Å². The van der Waals surface area contributed by atoms with Crippen molar-refractivity contribution < 1.29 is 4.74 Å². The zero-order valence-corrected chi connectivity index (χ0v) is 17.2. The molecule has 3 rings (SSSR count). The Morgan fingerprint density at radius 2 is 1.25 bits per heavy atom. The van der Waals surface area contributed by atoms with Crippen molar-refractivity contribution >= 4 is 0 Å². The van der Waals surface area contributed by atoms with E-state index in [1.54, 1.807) is 0 Å². The predicted octanol–water partition coefficient (Wildman–Crippen LogP) is 5.90. The summed E-state index contributed by atoms with van der Waals surface area (Å²) in [6.45, 7) is 9.16. The number of nitrogens with one attached hydrogen (secondary N) is 1. The maximum Gasteiger partial charge on any atom is 0.119 e. The molecule has 146 valence electrons. The van der Waals surface area contributed by atoms with Crippen LogP contribution >= 0.6 is 0 Å². The summed E-state index contributed by atoms with van der Waals surface area (Å²) in [7, 11) is 0. The van der Waals surface area contributed by atoms with Crippen LogP contribution in [0.2, 0.25) is 0 Å². The Balaban J connectivity index is 1.40. The lowest BCUT2D eigenvalue weighted by Crippen LogP contribution is -2.14. The maximum absolute atomic E-state index is 5.86. The number of hydrogen-bond donors (Lipinski definition) is 1. The first-order chi connectivity index (χ1) is 13.5. The van der Waals surface area contributed by atoms with E-state index in [0.717, 1.165) is 25.3 Å². The second-order valence-electron chi connectivity index (χ2n) is 8.28. The smallest absolute Gasteiger partial charge is 0.119 e. The molecule has 0 radical (unpaired) electrons. The fourth-order valence-electron chi connectivity index (χ4n) is 3.11. The third-order valence-electron chi connectivity index (χ3n) is 4.90. The molecule has 3 aromatic rings. The SMILES string of the molecule is CC(C)(C)c1ccc(CNCc2ccc(OCCc3ccccc3)cc2)cc1. The number of benzene rings is 3. The highest BCUT2D eigenvalue weighted by molar-refractivity contribution is 5.29. The average molecular weight is 374 g/mol. The van der Waals surface area contributed by atoms with Crippen LogP contribution in [0.1, 0.15) is 43.0 Å². The normalized spacial score (nSPS) is 11.4. The van der Waals surface area contributed by atoms with E-state index in [9.17, 15) is 0 Å². The fraction of sp³-hybridized carbons (Fsp3) is 0.308. The third kappa shape index (κ3) is 6.24. The second kappa shape index (κ2) is 9.57. The molecular formula is C26H31NO. The van der Waals surface area contributed by atoms with Crippen LogP contribution in [0.25, 0.3) is 0 Å². The summed E-state index contributed by atoms with van der Waals surface area (Å²) in [5.41, 5.74) is 5.46. The van der Waals surface area contributed by atoms with Gasteiger partial charge in [0.25, 0.3) is 0 Å². The van der Waals surface area contributed by atoms with E-state index in [0.29, 0.717) is 6.61 Å². The number of ether oxygens (including phenoxy) is 1. The van der Waals surface area contributed by atoms with Crippen LogP contribution < -0.4 is 10.1 Å². The summed E-state index contributed by atoms with van der Waals surface area (Å²) < 4.78 is 5.86. The van der Waals surface area contributed by atoms with Crippen molar-refractivity contribution in [3.05, 3.63) is 101 Å². The summed E-state index contributed by atoms with van der Waals surface area (Å²) in [5, 5.41) is 3.52. The molecule has 0 aromatic heterocycles. The van der Waals surface area contributed by atoms with E-state index < -0.39 is 0 Å². The molecular weight excluding hydrogens is 342 g/mol. The van der Waals surface area contributed by atoms with Crippen LogP contribution in [0.4, 0.5) is 0 Å². The van der Waals surface area contributed by atoms with Gasteiger partial charge >= 0.3 is 0 Å². The van der Waals surface area contributed by atoms with Crippen molar-refractivity contribution in [1.82, 2.24) is 5.32 Å². The summed E-state index contributed by atoms with van der Waals surface area (Å²) in [5.74, 6) is 0.928. The molecule has 1 N–H and O–H groups in total. The minimum atomic E-state index is 0.205. The van der Waals surface area contributed by atoms with Gasteiger partial charge < -0.3 is 10.1 Å². The van der Waals surface area contributed by atoms with Crippen LogP contribution in [-0.2, 0) is 24.9 Å². The summed E-state index contributed by atoms with van der Waals surface area (Å²) in [6.07, 6.45) is 0.929. The lowest BCUT2D eigenvalue weighted by molar-refractivity contribution is 0.322. The van der Waals surface area contributed by atoms with Gasteiger partial charge in [-0.2, -0.15) is 0 Å². The van der Waals surface area contributed by atoms with E-state index in [4.69, 9.17) is 4.74 Å². The Kier molecular flexibility index (Phi) is 6.89. The molecule has 0 aliphatic heterocycles. The van der Waals surface area contributed by atoms with Gasteiger partial charge in [0.1, 0.15) is 5.75 Å². The zero-order valence-electron chi connectivity index (χ0n) is 17.2. The topological polar surface area (TPSA) is 21.3 Å². The van der Waals surface area contributed by atoms with Crippen molar-refractivity contribution in [2.75, 3.05) is 6.61 Å². The zero-order chi connectivity index (χ0) is 19.8. The summed E-state index contributed by atoms with van der Waals surface area (Å²) in [6, 6.07) is 27.7. The first-order valence-electron chi connectivity index (χ1n) is 10.1. The molecule has 0 aliphatic carbocycles. The Morgan fingerprint density at radius 1 is 0.679 bits per heavy atom. The maximum atomic E-state index is 5.86. The lowest BCUT2D eigenvalue weighted by atomic mass is 9.87. The van der Waals surface area contributed by atoms with Gasteiger partial charge in [-0.3, -0.25) is 0 Å². The Bertz CT molecular complexity index is 830. The molecule has 2 heteroatoms. The average Bonchev–Trinajstić information content (AvgIpc) is 2.70. The molecule has 0 saturated heterocycles. The van der Waals surface area contributed by atoms with Crippen LogP contribution in [0.15, 0.2) is 78.9 Å². The van der Waals surface area contributed by atoms with E-state index in [2.05, 4.69) is 98.9 Å². The Labute approximate surface area is 169 Å². The molecule has 0 spiro atoms. The first-order valence-corrected chi connectivity index (χ1v) is 10.1. The van der Waals surface area contributed by atoms with Gasteiger partial charge in [-0.1, -0.05) is 87.5 Å². The predicted molar refractivity (Wildman–Crippen MR) is 118 cm³/mol. The molecule has 0 heterocycles. The van der Waals surface area contributed by atoms with Gasteiger partial charge in [-0.05, 0) is 39.8 Å². The molecule has 0 saturated carbocycles. The second-order valence-corrected chi connectivity index (χ2v) is 8.28. The lowest BCUT2D eigenvalue weighted by Gasteiger charge is -2.19. The minimum absolute atomic E-state index is 0.205. The van der Waals surface area contributed by atoms with Crippen molar-refractivity contribution in [1.29, 1.82) is 0 Å². The Morgan fingerprint density at radius 3 is 1.82 bits per heavy atom. The van der Waals surface area contributed by atoms with Crippen molar-refractivity contribution in [3.63, 3.8) is 0 Å². The highest BCUT2D eigenvalue weighted by Gasteiger charge is 2.12. The molecule has 0 atom stereocenters. The van der Waals surface area contributed by atoms with Crippen molar-refractivity contribution in [2.45, 2.75) is 45.7 Å². The molecule has 0 fully saturated rings. The Hall–Kier alpha value is -2.58. The third-order valence-corrected chi connectivity index (χ3v) is 4.90. The highest BCUT2D eigenvalue weighted by atomic mass is 16.5. The van der Waals surface area contributed by atoms with Gasteiger partial charge in [-0.25, -0.2) is 0 Å². The highest BCUT2D eigenvalue weighted by Crippen LogP contribution is 2.22. The van der Waals surface area contributed by atoms with Crippen molar-refractivity contribution in [2.24, 2.45) is 0 Å². The quantitative estimate of drug-likeness (QED) is 0.531. The van der Waals surface area contributed by atoms with Gasteiger partial charge in [0.05, 0.1) is 6.61 Å². The van der Waals surface area contributed by atoms with Crippen molar-refractivity contribution in [3.8, 4) is 5.75 Å². The van der Waals surface area contributed by atoms with E-state index in [1.807, 2.05) is 6.07 Å². The minimum Gasteiger partial charge on any atom is -0.493 e. The van der Waals surface area contributed by atoms with Crippen LogP contribution in [-0.4, -0.2) is 6.61 Å². The van der Waals surface area contributed by atoms with Gasteiger partial charge in [0.2, 0.25) is 0 Å². The molecule has 0 unspecified atom stereocenters. The summed E-state index contributed by atoms with van der Waals surface area (Å²) in [4.78, 5) is 0. The van der Waals surface area contributed by atoms with Gasteiger partial charge in [-0.15, -0.1) is 0 Å². The van der Waals surface area contributed by atoms with Gasteiger partial charge in [0.15, 0.2) is 0 Å². The monoisotopic (exact) mass is 373 g/mol. The van der Waals surface area contributed by atoms with E-state index in [1.165, 1.54) is 22.3 Å². The van der Waals surface area contributed by atoms with E-state index >= 15 is 0 Å².